The maximum Gasteiger partial charge on any atom is 0.309 e. The molecule has 0 bridgehead atoms. The van der Waals surface area contributed by atoms with E-state index in [1.165, 1.54) is 16.1 Å². The Morgan fingerprint density at radius 2 is 2.14 bits per heavy atom. The topological polar surface area (TPSA) is 118 Å². The van der Waals surface area contributed by atoms with Crippen LogP contribution in [0.2, 0.25) is 0 Å². The summed E-state index contributed by atoms with van der Waals surface area (Å²) >= 11 is 0. The predicted molar refractivity (Wildman–Crippen MR) is 137 cm³/mol. The molecule has 1 unspecified atom stereocenters. The summed E-state index contributed by atoms with van der Waals surface area (Å²) in [5.41, 5.74) is 10.4. The summed E-state index contributed by atoms with van der Waals surface area (Å²) in [4.78, 5) is 18.8. The number of aryl methyl sites for hydroxylation is 1. The average molecular weight is 482 g/mol. The van der Waals surface area contributed by atoms with Gasteiger partial charge in [0, 0.05) is 49.8 Å². The molecule has 0 fully saturated rings. The lowest BCUT2D eigenvalue weighted by molar-refractivity contribution is -0.148. The molecule has 1 aliphatic rings. The first-order valence-corrected chi connectivity index (χ1v) is 12.2. The van der Waals surface area contributed by atoms with Gasteiger partial charge in [0.2, 0.25) is 0 Å². The number of carboxylic acid groups (broad SMARTS) is 1. The van der Waals surface area contributed by atoms with Crippen molar-refractivity contribution in [3.63, 3.8) is 0 Å². The first kappa shape index (κ1) is 26.5. The summed E-state index contributed by atoms with van der Waals surface area (Å²) in [6.45, 7) is 11.2. The number of hydrogen-bond acceptors (Lipinski definition) is 7. The largest absolute Gasteiger partial charge is 0.490 e. The molecule has 1 aromatic carbocycles. The minimum atomic E-state index is -0.956. The molecular weight excluding hydrogens is 442 g/mol. The molecule has 0 spiro atoms. The zero-order valence-corrected chi connectivity index (χ0v) is 21.3. The molecule has 0 amide bonds. The number of benzene rings is 1. The number of hydrogen-bond donors (Lipinski definition) is 3. The van der Waals surface area contributed by atoms with Crippen molar-refractivity contribution in [1.82, 2.24) is 14.9 Å². The number of hydrazine groups is 1. The van der Waals surface area contributed by atoms with Crippen molar-refractivity contribution in [1.29, 1.82) is 0 Å². The van der Waals surface area contributed by atoms with E-state index >= 15 is 0 Å². The molecule has 190 valence electrons. The van der Waals surface area contributed by atoms with Gasteiger partial charge >= 0.3 is 5.97 Å². The predicted octanol–water partition coefficient (Wildman–Crippen LogP) is 3.75. The number of ether oxygens (including phenoxy) is 1. The number of pyridine rings is 1. The Labute approximate surface area is 208 Å². The highest BCUT2D eigenvalue weighted by Gasteiger charge is 2.37. The zero-order valence-electron chi connectivity index (χ0n) is 21.3. The quantitative estimate of drug-likeness (QED) is 0.347. The van der Waals surface area contributed by atoms with Gasteiger partial charge in [-0.05, 0) is 69.2 Å². The summed E-state index contributed by atoms with van der Waals surface area (Å²) in [6, 6.07) is 8.33. The number of rotatable bonds is 10. The number of aliphatic carboxylic acids is 1. The molecular formula is C27H39N5O3. The van der Waals surface area contributed by atoms with Crippen LogP contribution in [0.1, 0.15) is 61.8 Å². The average Bonchev–Trinajstić information content (AvgIpc) is 3.02. The lowest BCUT2D eigenvalue weighted by atomic mass is 9.72. The van der Waals surface area contributed by atoms with Crippen molar-refractivity contribution in [2.24, 2.45) is 17.0 Å². The van der Waals surface area contributed by atoms with Crippen LogP contribution in [0, 0.1) is 12.3 Å². The van der Waals surface area contributed by atoms with Crippen LogP contribution in [-0.2, 0) is 17.9 Å². The molecule has 5 N–H and O–H groups in total. The Morgan fingerprint density at radius 1 is 1.37 bits per heavy atom. The van der Waals surface area contributed by atoms with Gasteiger partial charge in [0.05, 0.1) is 11.6 Å². The van der Waals surface area contributed by atoms with E-state index in [4.69, 9.17) is 16.3 Å². The summed E-state index contributed by atoms with van der Waals surface area (Å²) in [5, 5.41) is 11.6. The number of allylic oxidation sites excluding steroid dienone is 1. The van der Waals surface area contributed by atoms with Crippen molar-refractivity contribution in [3.8, 4) is 5.75 Å². The van der Waals surface area contributed by atoms with E-state index in [1.807, 2.05) is 13.0 Å². The molecule has 1 atom stereocenters. The van der Waals surface area contributed by atoms with Crippen LogP contribution >= 0.6 is 0 Å². The zero-order chi connectivity index (χ0) is 25.6. The summed E-state index contributed by atoms with van der Waals surface area (Å²) in [7, 11) is 0. The summed E-state index contributed by atoms with van der Waals surface area (Å²) in [5.74, 6) is 5.67. The van der Waals surface area contributed by atoms with E-state index in [1.54, 1.807) is 32.4 Å². The molecule has 1 aromatic heterocycles. The Balaban J connectivity index is 1.85. The Kier molecular flexibility index (Phi) is 8.75. The first-order chi connectivity index (χ1) is 16.6. The molecule has 2 aromatic rings. The molecule has 0 radical (unpaired) electrons. The third kappa shape index (κ3) is 6.74. The van der Waals surface area contributed by atoms with Crippen LogP contribution in [0.5, 0.6) is 5.75 Å². The first-order valence-electron chi connectivity index (χ1n) is 12.2. The number of fused-ring (bicyclic) bond motifs is 1. The fraction of sp³-hybridized carbons (Fsp3) is 0.481. The number of carboxylic acids is 1. The molecule has 1 aliphatic heterocycles. The van der Waals surface area contributed by atoms with Gasteiger partial charge in [-0.3, -0.25) is 14.7 Å². The van der Waals surface area contributed by atoms with Crippen LogP contribution in [0.25, 0.3) is 0 Å². The highest BCUT2D eigenvalue weighted by atomic mass is 16.5. The number of nitrogens with zero attached hydrogens (tertiary/aromatic N) is 3. The van der Waals surface area contributed by atoms with Gasteiger partial charge < -0.3 is 20.6 Å². The fourth-order valence-electron chi connectivity index (χ4n) is 4.50. The standard InChI is InChI=1S/C27H39N5O3/c1-5-32(29)18-23(28)8-9-24(27(3,4)26(33)34)20-7-6-19(2)22(14-20)17-31-12-13-35-25-15-30-11-10-21(25)16-31/h6-7,10-11,14-15,18,24H,5,8-9,12-13,16-17,28-29H2,1-4H3,(H,33,34)/b23-18-. The Morgan fingerprint density at radius 3 is 2.86 bits per heavy atom. The Hall–Kier alpha value is -3.10. The van der Waals surface area contributed by atoms with Gasteiger partial charge in [0.15, 0.2) is 0 Å². The van der Waals surface area contributed by atoms with Gasteiger partial charge in [-0.25, -0.2) is 5.84 Å². The second-order valence-electron chi connectivity index (χ2n) is 9.88. The smallest absolute Gasteiger partial charge is 0.309 e. The maximum absolute atomic E-state index is 12.2. The third-order valence-corrected chi connectivity index (χ3v) is 6.94. The lowest BCUT2D eigenvalue weighted by Crippen LogP contribution is -2.32. The van der Waals surface area contributed by atoms with Crippen LogP contribution in [0.4, 0.5) is 0 Å². The van der Waals surface area contributed by atoms with Crippen molar-refractivity contribution in [2.75, 3.05) is 19.7 Å². The number of aromatic nitrogens is 1. The van der Waals surface area contributed by atoms with Crippen LogP contribution in [0.3, 0.4) is 0 Å². The second-order valence-corrected chi connectivity index (χ2v) is 9.88. The van der Waals surface area contributed by atoms with Gasteiger partial charge in [0.25, 0.3) is 0 Å². The minimum absolute atomic E-state index is 0.210. The molecule has 0 saturated heterocycles. The molecule has 2 heterocycles. The number of nitrogens with two attached hydrogens (primary N) is 2. The highest BCUT2D eigenvalue weighted by Crippen LogP contribution is 2.40. The van der Waals surface area contributed by atoms with E-state index in [9.17, 15) is 9.90 Å². The van der Waals surface area contributed by atoms with Crippen molar-refractivity contribution < 1.29 is 14.6 Å². The van der Waals surface area contributed by atoms with Gasteiger partial charge in [-0.2, -0.15) is 0 Å². The van der Waals surface area contributed by atoms with Crippen molar-refractivity contribution >= 4 is 5.97 Å². The van der Waals surface area contributed by atoms with E-state index < -0.39 is 11.4 Å². The normalized spacial score (nSPS) is 15.6. The monoisotopic (exact) mass is 481 g/mol. The summed E-state index contributed by atoms with van der Waals surface area (Å²) in [6.07, 6.45) is 6.46. The van der Waals surface area contributed by atoms with Crippen LogP contribution in [0.15, 0.2) is 48.6 Å². The van der Waals surface area contributed by atoms with Gasteiger partial charge in [-0.15, -0.1) is 0 Å². The van der Waals surface area contributed by atoms with Gasteiger partial charge in [-0.1, -0.05) is 18.2 Å². The molecule has 0 aliphatic carbocycles. The van der Waals surface area contributed by atoms with Crippen molar-refractivity contribution in [2.45, 2.75) is 59.5 Å². The molecule has 3 rings (SSSR count). The lowest BCUT2D eigenvalue weighted by Gasteiger charge is -2.32. The minimum Gasteiger partial charge on any atom is -0.490 e. The number of carbonyl (C=O) groups is 1. The van der Waals surface area contributed by atoms with E-state index in [0.29, 0.717) is 31.7 Å². The van der Waals surface area contributed by atoms with E-state index in [2.05, 4.69) is 35.0 Å². The van der Waals surface area contributed by atoms with Gasteiger partial charge in [0.1, 0.15) is 12.4 Å². The fourth-order valence-corrected chi connectivity index (χ4v) is 4.50. The van der Waals surface area contributed by atoms with E-state index in [0.717, 1.165) is 36.5 Å². The van der Waals surface area contributed by atoms with Crippen LogP contribution < -0.4 is 16.3 Å². The molecule has 8 heteroatoms. The maximum atomic E-state index is 12.2. The van der Waals surface area contributed by atoms with Crippen molar-refractivity contribution in [3.05, 3.63) is 70.8 Å². The van der Waals surface area contributed by atoms with E-state index in [-0.39, 0.29) is 5.92 Å². The molecule has 35 heavy (non-hydrogen) atoms. The molecule has 8 nitrogen and oxygen atoms in total. The SMILES string of the molecule is CCN(N)/C=C(\N)CCC(c1ccc(C)c(CN2CCOc3cnccc3C2)c1)C(C)(C)C(=O)O. The molecule has 0 saturated carbocycles. The third-order valence-electron chi connectivity index (χ3n) is 6.94. The second kappa shape index (κ2) is 11.6. The summed E-state index contributed by atoms with van der Waals surface area (Å²) < 4.78 is 5.87. The highest BCUT2D eigenvalue weighted by molar-refractivity contribution is 5.75. The Bertz CT molecular complexity index is 1050. The van der Waals surface area contributed by atoms with Crippen LogP contribution in [-0.4, -0.2) is 45.7 Å².